The van der Waals surface area contributed by atoms with E-state index in [1.54, 1.807) is 0 Å². The number of hydrogen-bond donors (Lipinski definition) is 2. The van der Waals surface area contributed by atoms with E-state index in [1.807, 2.05) is 12.1 Å². The Balaban J connectivity index is 2.75. The monoisotopic (exact) mass is 278 g/mol. The first-order chi connectivity index (χ1) is 9.14. The van der Waals surface area contributed by atoms with Gasteiger partial charge in [-0.15, -0.1) is 0 Å². The van der Waals surface area contributed by atoms with Crippen molar-refractivity contribution in [3.05, 3.63) is 29.8 Å². The van der Waals surface area contributed by atoms with Crippen LogP contribution < -0.4 is 10.5 Å². The minimum atomic E-state index is 0.0575. The van der Waals surface area contributed by atoms with Gasteiger partial charge in [0.25, 0.3) is 0 Å². The number of oxime groups is 1. The second-order valence-corrected chi connectivity index (χ2v) is 7.03. The van der Waals surface area contributed by atoms with Gasteiger partial charge in [0, 0.05) is 0 Å². The maximum atomic E-state index is 8.45. The fourth-order valence-electron chi connectivity index (χ4n) is 2.62. The highest BCUT2D eigenvalue weighted by Crippen LogP contribution is 2.36. The van der Waals surface area contributed by atoms with E-state index < -0.39 is 0 Å². The van der Waals surface area contributed by atoms with Crippen LogP contribution in [0.1, 0.15) is 46.6 Å². The lowest BCUT2D eigenvalue weighted by molar-refractivity contribution is 0.284. The van der Waals surface area contributed by atoms with Gasteiger partial charge in [0.2, 0.25) is 0 Å². The summed E-state index contributed by atoms with van der Waals surface area (Å²) in [4.78, 5) is 0. The van der Waals surface area contributed by atoms with Crippen LogP contribution in [0.3, 0.4) is 0 Å². The predicted molar refractivity (Wildman–Crippen MR) is 82.4 cm³/mol. The Kier molecular flexibility index (Phi) is 5.03. The minimum Gasteiger partial charge on any atom is -0.486 e. The summed E-state index contributed by atoms with van der Waals surface area (Å²) >= 11 is 0. The quantitative estimate of drug-likeness (QED) is 0.375. The Morgan fingerprint density at radius 3 is 2.15 bits per heavy atom. The molecule has 0 saturated heterocycles. The van der Waals surface area contributed by atoms with Gasteiger partial charge in [-0.05, 0) is 34.9 Å². The van der Waals surface area contributed by atoms with E-state index in [-0.39, 0.29) is 23.3 Å². The third kappa shape index (κ3) is 5.11. The summed E-state index contributed by atoms with van der Waals surface area (Å²) in [5.41, 5.74) is 7.04. The molecule has 0 radical (unpaired) electrons. The molecule has 4 heteroatoms. The molecule has 0 amide bonds. The molecule has 0 aliphatic carbocycles. The standard InChI is InChI=1S/C16H26N2O2/c1-15(2,3)11-16(4,5)12-6-8-13(9-7-12)20-10-14(17)18-19/h6-9,19H,10-11H2,1-5H3,(H2,17,18). The average molecular weight is 278 g/mol. The second-order valence-electron chi connectivity index (χ2n) is 7.03. The summed E-state index contributed by atoms with van der Waals surface area (Å²) in [5.74, 6) is 0.772. The van der Waals surface area contributed by atoms with E-state index in [2.05, 4.69) is 51.9 Å². The molecular weight excluding hydrogens is 252 g/mol. The number of ether oxygens (including phenoxy) is 1. The Hall–Kier alpha value is -1.71. The predicted octanol–water partition coefficient (Wildman–Crippen LogP) is 3.53. The van der Waals surface area contributed by atoms with E-state index >= 15 is 0 Å². The van der Waals surface area contributed by atoms with Crippen LogP contribution in [0.2, 0.25) is 0 Å². The Bertz CT molecular complexity index is 456. The van der Waals surface area contributed by atoms with Gasteiger partial charge in [0.15, 0.2) is 5.84 Å². The molecule has 20 heavy (non-hydrogen) atoms. The van der Waals surface area contributed by atoms with Crippen molar-refractivity contribution in [3.63, 3.8) is 0 Å². The van der Waals surface area contributed by atoms with Crippen LogP contribution in [0.5, 0.6) is 5.75 Å². The summed E-state index contributed by atoms with van der Waals surface area (Å²) in [6.07, 6.45) is 1.10. The molecule has 0 unspecified atom stereocenters. The van der Waals surface area contributed by atoms with Gasteiger partial charge >= 0.3 is 0 Å². The van der Waals surface area contributed by atoms with Gasteiger partial charge in [-0.25, -0.2) is 0 Å². The molecule has 1 aromatic rings. The first kappa shape index (κ1) is 16.3. The van der Waals surface area contributed by atoms with Crippen molar-refractivity contribution in [2.45, 2.75) is 46.5 Å². The average Bonchev–Trinajstić information content (AvgIpc) is 2.33. The van der Waals surface area contributed by atoms with Gasteiger partial charge in [-0.1, -0.05) is 51.9 Å². The summed E-state index contributed by atoms with van der Waals surface area (Å²) < 4.78 is 5.41. The van der Waals surface area contributed by atoms with Crippen molar-refractivity contribution < 1.29 is 9.94 Å². The fourth-order valence-corrected chi connectivity index (χ4v) is 2.62. The molecule has 0 fully saturated rings. The lowest BCUT2D eigenvalue weighted by atomic mass is 9.72. The third-order valence-corrected chi connectivity index (χ3v) is 3.12. The summed E-state index contributed by atoms with van der Waals surface area (Å²) in [7, 11) is 0. The van der Waals surface area contributed by atoms with Gasteiger partial charge in [-0.2, -0.15) is 0 Å². The molecule has 0 atom stereocenters. The number of amidine groups is 1. The van der Waals surface area contributed by atoms with Gasteiger partial charge in [0.1, 0.15) is 12.4 Å². The van der Waals surface area contributed by atoms with Crippen LogP contribution in [0.25, 0.3) is 0 Å². The molecule has 3 N–H and O–H groups in total. The molecule has 4 nitrogen and oxygen atoms in total. The Morgan fingerprint density at radius 1 is 1.15 bits per heavy atom. The van der Waals surface area contributed by atoms with E-state index in [0.717, 1.165) is 6.42 Å². The lowest BCUT2D eigenvalue weighted by Crippen LogP contribution is -2.24. The largest absolute Gasteiger partial charge is 0.486 e. The second kappa shape index (κ2) is 6.16. The van der Waals surface area contributed by atoms with Crippen molar-refractivity contribution >= 4 is 5.84 Å². The molecule has 1 rings (SSSR count). The first-order valence-electron chi connectivity index (χ1n) is 6.84. The van der Waals surface area contributed by atoms with Crippen molar-refractivity contribution in [3.8, 4) is 5.75 Å². The highest BCUT2D eigenvalue weighted by molar-refractivity contribution is 5.81. The van der Waals surface area contributed by atoms with E-state index in [4.69, 9.17) is 15.7 Å². The number of nitrogens with zero attached hydrogens (tertiary/aromatic N) is 1. The van der Waals surface area contributed by atoms with E-state index in [0.29, 0.717) is 5.75 Å². The van der Waals surface area contributed by atoms with E-state index in [1.165, 1.54) is 5.56 Å². The molecule has 0 heterocycles. The molecule has 0 saturated carbocycles. The lowest BCUT2D eigenvalue weighted by Gasteiger charge is -2.33. The number of hydrogen-bond acceptors (Lipinski definition) is 3. The van der Waals surface area contributed by atoms with Crippen LogP contribution in [0, 0.1) is 5.41 Å². The topological polar surface area (TPSA) is 67.8 Å². The molecule has 0 aromatic heterocycles. The first-order valence-corrected chi connectivity index (χ1v) is 6.84. The third-order valence-electron chi connectivity index (χ3n) is 3.12. The van der Waals surface area contributed by atoms with Crippen LogP contribution in [-0.2, 0) is 5.41 Å². The maximum Gasteiger partial charge on any atom is 0.177 e. The molecule has 0 aliphatic rings. The molecule has 112 valence electrons. The summed E-state index contributed by atoms with van der Waals surface area (Å²) in [6, 6.07) is 8.00. The molecule has 1 aromatic carbocycles. The number of benzene rings is 1. The van der Waals surface area contributed by atoms with Crippen LogP contribution in [0.15, 0.2) is 29.4 Å². The Labute approximate surface area is 121 Å². The molecule has 0 bridgehead atoms. The zero-order valence-electron chi connectivity index (χ0n) is 13.1. The van der Waals surface area contributed by atoms with Crippen molar-refractivity contribution in [2.75, 3.05) is 6.61 Å². The number of rotatable bonds is 5. The minimum absolute atomic E-state index is 0.0575. The van der Waals surface area contributed by atoms with Gasteiger partial charge in [0.05, 0.1) is 0 Å². The smallest absolute Gasteiger partial charge is 0.177 e. The van der Waals surface area contributed by atoms with Crippen LogP contribution >= 0.6 is 0 Å². The SMILES string of the molecule is CC(C)(C)CC(C)(C)c1ccc(OC/C(N)=N/O)cc1. The zero-order chi connectivity index (χ0) is 15.4. The van der Waals surface area contributed by atoms with Crippen molar-refractivity contribution in [2.24, 2.45) is 16.3 Å². The maximum absolute atomic E-state index is 8.45. The highest BCUT2D eigenvalue weighted by atomic mass is 16.5. The van der Waals surface area contributed by atoms with Gasteiger partial charge < -0.3 is 15.7 Å². The fraction of sp³-hybridized carbons (Fsp3) is 0.562. The Morgan fingerprint density at radius 2 is 1.70 bits per heavy atom. The number of nitrogens with two attached hydrogens (primary N) is 1. The van der Waals surface area contributed by atoms with Crippen molar-refractivity contribution in [1.29, 1.82) is 0 Å². The van der Waals surface area contributed by atoms with Crippen LogP contribution in [0.4, 0.5) is 0 Å². The summed E-state index contributed by atoms with van der Waals surface area (Å²) in [6.45, 7) is 11.4. The van der Waals surface area contributed by atoms with Gasteiger partial charge in [-0.3, -0.25) is 0 Å². The van der Waals surface area contributed by atoms with Crippen molar-refractivity contribution in [1.82, 2.24) is 0 Å². The molecule has 0 aliphatic heterocycles. The van der Waals surface area contributed by atoms with Crippen LogP contribution in [-0.4, -0.2) is 17.6 Å². The summed E-state index contributed by atoms with van der Waals surface area (Å²) in [5, 5.41) is 11.3. The zero-order valence-corrected chi connectivity index (χ0v) is 13.1. The normalized spacial score (nSPS) is 13.3. The molecular formula is C16H26N2O2. The van der Waals surface area contributed by atoms with E-state index in [9.17, 15) is 0 Å². The highest BCUT2D eigenvalue weighted by Gasteiger charge is 2.27. The molecule has 0 spiro atoms.